The molecule has 0 amide bonds. The lowest BCUT2D eigenvalue weighted by atomic mass is 10.3. The van der Waals surface area contributed by atoms with E-state index < -0.39 is 0 Å². The molecular weight excluding hydrogens is 228 g/mol. The van der Waals surface area contributed by atoms with Gasteiger partial charge < -0.3 is 18.7 Å². The molecule has 0 bridgehead atoms. The molecule has 7 heteroatoms. The molecule has 1 aromatic heterocycles. The zero-order valence-electron chi connectivity index (χ0n) is 9.55. The first-order valence-corrected chi connectivity index (χ1v) is 5.32. The summed E-state index contributed by atoms with van der Waals surface area (Å²) in [5, 5.41) is 3.77. The van der Waals surface area contributed by atoms with Gasteiger partial charge in [0.05, 0.1) is 26.2 Å². The summed E-state index contributed by atoms with van der Waals surface area (Å²) in [5.41, 5.74) is 0. The van der Waals surface area contributed by atoms with Crippen molar-refractivity contribution in [1.82, 2.24) is 10.1 Å². The van der Waals surface area contributed by atoms with Crippen molar-refractivity contribution in [2.24, 2.45) is 0 Å². The lowest BCUT2D eigenvalue weighted by Gasteiger charge is -2.19. The van der Waals surface area contributed by atoms with Crippen LogP contribution in [-0.2, 0) is 25.4 Å². The average Bonchev–Trinajstić information content (AvgIpc) is 2.79. The predicted molar refractivity (Wildman–Crippen MR) is 54.4 cm³/mol. The molecule has 1 fully saturated rings. The summed E-state index contributed by atoms with van der Waals surface area (Å²) in [6, 6.07) is 0. The second-order valence-corrected chi connectivity index (χ2v) is 3.63. The maximum absolute atomic E-state index is 11.3. The Morgan fingerprint density at radius 2 is 2.41 bits per heavy atom. The number of ether oxygens (including phenoxy) is 3. The van der Waals surface area contributed by atoms with Crippen molar-refractivity contribution in [3.05, 3.63) is 11.7 Å². The number of rotatable bonds is 5. The highest BCUT2D eigenvalue weighted by Gasteiger charge is 2.22. The zero-order chi connectivity index (χ0) is 12.1. The molecule has 1 atom stereocenters. The van der Waals surface area contributed by atoms with Crippen molar-refractivity contribution in [1.29, 1.82) is 0 Å². The molecule has 0 saturated carbocycles. The van der Waals surface area contributed by atoms with Crippen molar-refractivity contribution in [3.63, 3.8) is 0 Å². The SMILES string of the molecule is COCC(=O)Cc1nc(C2COCCO2)no1. The van der Waals surface area contributed by atoms with Gasteiger partial charge in [0.2, 0.25) is 11.7 Å². The average molecular weight is 242 g/mol. The molecule has 94 valence electrons. The predicted octanol–water partition coefficient (Wildman–Crippen LogP) is -0.0845. The number of hydrogen-bond acceptors (Lipinski definition) is 7. The van der Waals surface area contributed by atoms with E-state index in [4.69, 9.17) is 18.7 Å². The Labute approximate surface area is 98.0 Å². The smallest absolute Gasteiger partial charge is 0.234 e. The van der Waals surface area contributed by atoms with Gasteiger partial charge in [0, 0.05) is 7.11 Å². The first kappa shape index (κ1) is 12.2. The van der Waals surface area contributed by atoms with E-state index in [0.717, 1.165) is 0 Å². The lowest BCUT2D eigenvalue weighted by molar-refractivity contribution is -0.122. The summed E-state index contributed by atoms with van der Waals surface area (Å²) in [5.74, 6) is 0.588. The van der Waals surface area contributed by atoms with Gasteiger partial charge in [-0.05, 0) is 0 Å². The molecule has 2 heterocycles. The Balaban J connectivity index is 1.93. The summed E-state index contributed by atoms with van der Waals surface area (Å²) in [6.45, 7) is 1.54. The molecule has 0 radical (unpaired) electrons. The first-order valence-electron chi connectivity index (χ1n) is 5.32. The van der Waals surface area contributed by atoms with Crippen LogP contribution in [0.15, 0.2) is 4.52 Å². The number of aromatic nitrogens is 2. The van der Waals surface area contributed by atoms with Crippen LogP contribution in [0.3, 0.4) is 0 Å². The van der Waals surface area contributed by atoms with Crippen LogP contribution in [0.5, 0.6) is 0 Å². The fraction of sp³-hybridized carbons (Fsp3) is 0.700. The number of carbonyl (C=O) groups is 1. The molecule has 0 aromatic carbocycles. The topological polar surface area (TPSA) is 83.7 Å². The summed E-state index contributed by atoms with van der Waals surface area (Å²) in [4.78, 5) is 15.4. The number of Topliss-reactive ketones (excluding diaryl/α,β-unsaturated/α-hetero) is 1. The molecule has 0 aliphatic carbocycles. The normalized spacial score (nSPS) is 20.4. The second kappa shape index (κ2) is 5.85. The lowest BCUT2D eigenvalue weighted by Crippen LogP contribution is -2.22. The van der Waals surface area contributed by atoms with E-state index in [1.807, 2.05) is 0 Å². The van der Waals surface area contributed by atoms with Gasteiger partial charge in [0.1, 0.15) is 12.7 Å². The fourth-order valence-corrected chi connectivity index (χ4v) is 1.49. The highest BCUT2D eigenvalue weighted by Crippen LogP contribution is 2.17. The quantitative estimate of drug-likeness (QED) is 0.713. The highest BCUT2D eigenvalue weighted by atomic mass is 16.6. The summed E-state index contributed by atoms with van der Waals surface area (Å²) >= 11 is 0. The molecule has 2 rings (SSSR count). The van der Waals surface area contributed by atoms with Gasteiger partial charge in [0.25, 0.3) is 0 Å². The van der Waals surface area contributed by atoms with Crippen LogP contribution in [0.1, 0.15) is 17.8 Å². The van der Waals surface area contributed by atoms with Crippen LogP contribution in [0.25, 0.3) is 0 Å². The van der Waals surface area contributed by atoms with Gasteiger partial charge in [-0.15, -0.1) is 0 Å². The largest absolute Gasteiger partial charge is 0.377 e. The molecule has 1 unspecified atom stereocenters. The fourth-order valence-electron chi connectivity index (χ4n) is 1.49. The van der Waals surface area contributed by atoms with Gasteiger partial charge in [-0.3, -0.25) is 4.79 Å². The summed E-state index contributed by atoms with van der Waals surface area (Å²) in [7, 11) is 1.46. The van der Waals surface area contributed by atoms with Crippen LogP contribution >= 0.6 is 0 Å². The van der Waals surface area contributed by atoms with Crippen LogP contribution < -0.4 is 0 Å². The molecule has 1 saturated heterocycles. The van der Waals surface area contributed by atoms with Crippen molar-refractivity contribution >= 4 is 5.78 Å². The van der Waals surface area contributed by atoms with E-state index in [1.54, 1.807) is 0 Å². The molecular formula is C10H14N2O5. The molecule has 1 aliphatic heterocycles. The third kappa shape index (κ3) is 3.32. The summed E-state index contributed by atoms with van der Waals surface area (Å²) < 4.78 is 20.3. The highest BCUT2D eigenvalue weighted by molar-refractivity contribution is 5.81. The van der Waals surface area contributed by atoms with Gasteiger partial charge in [-0.25, -0.2) is 0 Å². The summed E-state index contributed by atoms with van der Waals surface area (Å²) in [6.07, 6.45) is -0.229. The van der Waals surface area contributed by atoms with Crippen molar-refractivity contribution < 1.29 is 23.5 Å². The Hall–Kier alpha value is -1.31. The monoisotopic (exact) mass is 242 g/mol. The van der Waals surface area contributed by atoms with Gasteiger partial charge in [-0.1, -0.05) is 5.16 Å². The third-order valence-corrected chi connectivity index (χ3v) is 2.24. The maximum Gasteiger partial charge on any atom is 0.234 e. The number of hydrogen-bond donors (Lipinski definition) is 0. The molecule has 1 aliphatic rings. The van der Waals surface area contributed by atoms with E-state index in [9.17, 15) is 4.79 Å². The van der Waals surface area contributed by atoms with Crippen LogP contribution in [0.2, 0.25) is 0 Å². The third-order valence-electron chi connectivity index (χ3n) is 2.24. The molecule has 1 aromatic rings. The van der Waals surface area contributed by atoms with E-state index in [-0.39, 0.29) is 30.8 Å². The standard InChI is InChI=1S/C10H14N2O5/c1-14-5-7(13)4-9-11-10(12-17-9)8-6-15-2-3-16-8/h8H,2-6H2,1H3. The molecule has 0 N–H and O–H groups in total. The van der Waals surface area contributed by atoms with E-state index in [1.165, 1.54) is 7.11 Å². The Morgan fingerprint density at radius 3 is 3.12 bits per heavy atom. The van der Waals surface area contributed by atoms with Crippen molar-refractivity contribution in [3.8, 4) is 0 Å². The van der Waals surface area contributed by atoms with Crippen molar-refractivity contribution in [2.75, 3.05) is 33.5 Å². The van der Waals surface area contributed by atoms with Crippen molar-refractivity contribution in [2.45, 2.75) is 12.5 Å². The molecule has 7 nitrogen and oxygen atoms in total. The van der Waals surface area contributed by atoms with E-state index in [2.05, 4.69) is 10.1 Å². The Kier molecular flexibility index (Phi) is 4.18. The number of methoxy groups -OCH3 is 1. The Morgan fingerprint density at radius 1 is 1.53 bits per heavy atom. The minimum absolute atomic E-state index is 0.0424. The van der Waals surface area contributed by atoms with E-state index >= 15 is 0 Å². The minimum Gasteiger partial charge on any atom is -0.377 e. The second-order valence-electron chi connectivity index (χ2n) is 3.63. The first-order chi connectivity index (χ1) is 8.29. The van der Waals surface area contributed by atoms with Gasteiger partial charge in [0.15, 0.2) is 5.78 Å². The zero-order valence-corrected chi connectivity index (χ0v) is 9.55. The molecule has 17 heavy (non-hydrogen) atoms. The maximum atomic E-state index is 11.3. The van der Waals surface area contributed by atoms with Gasteiger partial charge in [-0.2, -0.15) is 4.98 Å². The Bertz CT molecular complexity index is 373. The van der Waals surface area contributed by atoms with Gasteiger partial charge >= 0.3 is 0 Å². The number of carbonyl (C=O) groups excluding carboxylic acids is 1. The minimum atomic E-state index is -0.307. The number of nitrogens with zero attached hydrogens (tertiary/aromatic N) is 2. The van der Waals surface area contributed by atoms with Crippen LogP contribution in [-0.4, -0.2) is 49.5 Å². The number of ketones is 1. The van der Waals surface area contributed by atoms with Crippen LogP contribution in [0.4, 0.5) is 0 Å². The molecule has 0 spiro atoms. The van der Waals surface area contributed by atoms with E-state index in [0.29, 0.717) is 25.6 Å². The van der Waals surface area contributed by atoms with Crippen LogP contribution in [0, 0.1) is 0 Å².